The molecule has 0 aliphatic rings. The fourth-order valence-electron chi connectivity index (χ4n) is 1.78. The van der Waals surface area contributed by atoms with Crippen LogP contribution in [0.3, 0.4) is 0 Å². The van der Waals surface area contributed by atoms with Crippen LogP contribution in [-0.4, -0.2) is 16.2 Å². The average Bonchev–Trinajstić information content (AvgIpc) is 2.73. The number of aryl methyl sites for hydroxylation is 3. The van der Waals surface area contributed by atoms with Gasteiger partial charge in [-0.1, -0.05) is 18.2 Å². The van der Waals surface area contributed by atoms with Gasteiger partial charge in [-0.05, 0) is 31.9 Å². The number of hydrogen-bond acceptors (Lipinski definition) is 2. The average molecular weight is 230 g/mol. The minimum atomic E-state index is 0.739. The Morgan fingerprint density at radius 2 is 2.06 bits per heavy atom. The third-order valence-electron chi connectivity index (χ3n) is 2.82. The summed E-state index contributed by atoms with van der Waals surface area (Å²) in [5.41, 5.74) is 1.19. The highest BCUT2D eigenvalue weighted by atomic mass is 16.5. The number of imidazole rings is 1. The van der Waals surface area contributed by atoms with E-state index < -0.39 is 0 Å². The Kier molecular flexibility index (Phi) is 3.81. The van der Waals surface area contributed by atoms with E-state index in [9.17, 15) is 0 Å². The third-order valence-corrected chi connectivity index (χ3v) is 2.82. The number of hydrogen-bond donors (Lipinski definition) is 0. The summed E-state index contributed by atoms with van der Waals surface area (Å²) < 4.78 is 7.88. The lowest BCUT2D eigenvalue weighted by atomic mass is 10.2. The molecule has 0 amide bonds. The molecule has 0 radical (unpaired) electrons. The van der Waals surface area contributed by atoms with Crippen molar-refractivity contribution in [2.45, 2.75) is 26.8 Å². The molecule has 3 nitrogen and oxygen atoms in total. The first-order valence-electron chi connectivity index (χ1n) is 5.93. The molecule has 0 bridgehead atoms. The van der Waals surface area contributed by atoms with Crippen LogP contribution in [0.1, 0.15) is 17.8 Å². The van der Waals surface area contributed by atoms with Crippen molar-refractivity contribution in [2.24, 2.45) is 0 Å². The Bertz CT molecular complexity index is 477. The van der Waals surface area contributed by atoms with Gasteiger partial charge in [0.25, 0.3) is 0 Å². The quantitative estimate of drug-likeness (QED) is 0.738. The molecule has 1 aromatic carbocycles. The van der Waals surface area contributed by atoms with E-state index in [1.807, 2.05) is 37.5 Å². The van der Waals surface area contributed by atoms with E-state index in [0.29, 0.717) is 0 Å². The van der Waals surface area contributed by atoms with Crippen molar-refractivity contribution in [2.75, 3.05) is 6.61 Å². The van der Waals surface area contributed by atoms with Gasteiger partial charge < -0.3 is 9.30 Å². The molecule has 2 rings (SSSR count). The van der Waals surface area contributed by atoms with Crippen molar-refractivity contribution in [1.82, 2.24) is 9.55 Å². The van der Waals surface area contributed by atoms with Gasteiger partial charge in [-0.3, -0.25) is 0 Å². The lowest BCUT2D eigenvalue weighted by molar-refractivity contribution is 0.299. The Hall–Kier alpha value is -1.77. The molecular weight excluding hydrogens is 212 g/mol. The molecule has 0 saturated heterocycles. The van der Waals surface area contributed by atoms with Gasteiger partial charge in [-0.2, -0.15) is 0 Å². The zero-order valence-electron chi connectivity index (χ0n) is 10.4. The normalized spacial score (nSPS) is 10.5. The predicted molar refractivity (Wildman–Crippen MR) is 68.3 cm³/mol. The third kappa shape index (κ3) is 3.09. The lowest BCUT2D eigenvalue weighted by Crippen LogP contribution is -2.05. The molecule has 1 heterocycles. The second-order valence-corrected chi connectivity index (χ2v) is 4.14. The number of nitrogens with zero attached hydrogens (tertiary/aromatic N) is 2. The summed E-state index contributed by atoms with van der Waals surface area (Å²) in [7, 11) is 0. The summed E-state index contributed by atoms with van der Waals surface area (Å²) in [6.45, 7) is 5.78. The summed E-state index contributed by atoms with van der Waals surface area (Å²) in [4.78, 5) is 4.19. The first-order valence-corrected chi connectivity index (χ1v) is 5.93. The number of ether oxygens (including phenoxy) is 1. The summed E-state index contributed by atoms with van der Waals surface area (Å²) in [6, 6.07) is 8.10. The standard InChI is InChI=1S/C14H18N2O/c1-12-6-3-4-7-14(12)17-11-5-9-16-10-8-15-13(16)2/h3-4,6-8,10H,5,9,11H2,1-2H3. The molecular formula is C14H18N2O. The summed E-state index contributed by atoms with van der Waals surface area (Å²) >= 11 is 0. The van der Waals surface area contributed by atoms with Crippen molar-refractivity contribution >= 4 is 0 Å². The molecule has 0 aliphatic heterocycles. The zero-order chi connectivity index (χ0) is 12.1. The Labute approximate surface area is 102 Å². The van der Waals surface area contributed by atoms with Gasteiger partial charge in [0.15, 0.2) is 0 Å². The predicted octanol–water partition coefficient (Wildman–Crippen LogP) is 2.97. The van der Waals surface area contributed by atoms with Crippen LogP contribution < -0.4 is 4.74 Å². The van der Waals surface area contributed by atoms with Gasteiger partial charge in [0, 0.05) is 18.9 Å². The van der Waals surface area contributed by atoms with Crippen molar-refractivity contribution in [3.05, 3.63) is 48.0 Å². The van der Waals surface area contributed by atoms with Crippen LogP contribution in [0.4, 0.5) is 0 Å². The summed E-state index contributed by atoms with van der Waals surface area (Å²) in [6.07, 6.45) is 4.83. The highest BCUT2D eigenvalue weighted by molar-refractivity contribution is 5.31. The molecule has 0 fully saturated rings. The maximum Gasteiger partial charge on any atom is 0.122 e. The monoisotopic (exact) mass is 230 g/mol. The van der Waals surface area contributed by atoms with Gasteiger partial charge in [0.2, 0.25) is 0 Å². The smallest absolute Gasteiger partial charge is 0.122 e. The van der Waals surface area contributed by atoms with Crippen molar-refractivity contribution < 1.29 is 4.74 Å². The van der Waals surface area contributed by atoms with E-state index in [0.717, 1.165) is 31.1 Å². The van der Waals surface area contributed by atoms with Crippen molar-refractivity contribution in [3.8, 4) is 5.75 Å². The van der Waals surface area contributed by atoms with E-state index in [4.69, 9.17) is 4.74 Å². The minimum Gasteiger partial charge on any atom is -0.493 e. The molecule has 0 N–H and O–H groups in total. The SMILES string of the molecule is Cc1ccccc1OCCCn1ccnc1C. The summed E-state index contributed by atoms with van der Waals surface area (Å²) in [5.74, 6) is 2.04. The van der Waals surface area contributed by atoms with Gasteiger partial charge >= 0.3 is 0 Å². The first-order chi connectivity index (χ1) is 8.27. The van der Waals surface area contributed by atoms with Crippen molar-refractivity contribution in [3.63, 3.8) is 0 Å². The second-order valence-electron chi connectivity index (χ2n) is 4.14. The van der Waals surface area contributed by atoms with Gasteiger partial charge in [0.05, 0.1) is 6.61 Å². The van der Waals surface area contributed by atoms with E-state index in [-0.39, 0.29) is 0 Å². The molecule has 0 spiro atoms. The van der Waals surface area contributed by atoms with Crippen LogP contribution in [0.25, 0.3) is 0 Å². The molecule has 3 heteroatoms. The van der Waals surface area contributed by atoms with E-state index in [1.165, 1.54) is 5.56 Å². The maximum atomic E-state index is 5.74. The highest BCUT2D eigenvalue weighted by Gasteiger charge is 1.99. The van der Waals surface area contributed by atoms with Crippen LogP contribution in [0, 0.1) is 13.8 Å². The molecule has 2 aromatic rings. The Balaban J connectivity index is 1.77. The molecule has 17 heavy (non-hydrogen) atoms. The fourth-order valence-corrected chi connectivity index (χ4v) is 1.78. The molecule has 1 aromatic heterocycles. The number of aromatic nitrogens is 2. The van der Waals surface area contributed by atoms with Gasteiger partial charge in [-0.25, -0.2) is 4.98 Å². The lowest BCUT2D eigenvalue weighted by Gasteiger charge is -2.09. The van der Waals surface area contributed by atoms with Gasteiger partial charge in [0.1, 0.15) is 11.6 Å². The van der Waals surface area contributed by atoms with E-state index in [1.54, 1.807) is 0 Å². The first kappa shape index (κ1) is 11.7. The summed E-state index contributed by atoms with van der Waals surface area (Å²) in [5, 5.41) is 0. The number of benzene rings is 1. The van der Waals surface area contributed by atoms with Crippen LogP contribution in [0.15, 0.2) is 36.7 Å². The molecule has 90 valence electrons. The minimum absolute atomic E-state index is 0.739. The Morgan fingerprint density at radius 3 is 2.76 bits per heavy atom. The molecule has 0 unspecified atom stereocenters. The largest absolute Gasteiger partial charge is 0.493 e. The van der Waals surface area contributed by atoms with Gasteiger partial charge in [-0.15, -0.1) is 0 Å². The van der Waals surface area contributed by atoms with Crippen LogP contribution in [-0.2, 0) is 6.54 Å². The topological polar surface area (TPSA) is 27.1 Å². The molecule has 0 saturated carbocycles. The van der Waals surface area contributed by atoms with Crippen molar-refractivity contribution in [1.29, 1.82) is 0 Å². The number of para-hydroxylation sites is 1. The van der Waals surface area contributed by atoms with E-state index in [2.05, 4.69) is 22.5 Å². The number of rotatable bonds is 5. The van der Waals surface area contributed by atoms with Crippen LogP contribution >= 0.6 is 0 Å². The Morgan fingerprint density at radius 1 is 1.24 bits per heavy atom. The van der Waals surface area contributed by atoms with Crippen LogP contribution in [0.2, 0.25) is 0 Å². The zero-order valence-corrected chi connectivity index (χ0v) is 10.4. The maximum absolute atomic E-state index is 5.74. The van der Waals surface area contributed by atoms with E-state index >= 15 is 0 Å². The van der Waals surface area contributed by atoms with Crippen LogP contribution in [0.5, 0.6) is 5.75 Å². The molecule has 0 aliphatic carbocycles. The highest BCUT2D eigenvalue weighted by Crippen LogP contribution is 2.16. The second kappa shape index (κ2) is 5.53. The molecule has 0 atom stereocenters. The fraction of sp³-hybridized carbons (Fsp3) is 0.357.